The van der Waals surface area contributed by atoms with Gasteiger partial charge >= 0.3 is 0 Å². The van der Waals surface area contributed by atoms with Gasteiger partial charge in [0.2, 0.25) is 0 Å². The van der Waals surface area contributed by atoms with Crippen molar-refractivity contribution in [2.45, 2.75) is 43.4 Å². The van der Waals surface area contributed by atoms with Crippen molar-refractivity contribution in [3.8, 4) is 20.9 Å². The number of anilines is 3. The van der Waals surface area contributed by atoms with Crippen LogP contribution in [0, 0.1) is 0 Å². The fourth-order valence-corrected chi connectivity index (χ4v) is 11.0. The molecule has 1 heterocycles. The summed E-state index contributed by atoms with van der Waals surface area (Å²) in [5.41, 5.74) is 11.8. The zero-order valence-corrected chi connectivity index (χ0v) is 29.8. The second kappa shape index (κ2) is 9.13. The molecule has 7 rings (SSSR count). The van der Waals surface area contributed by atoms with Crippen LogP contribution in [0.1, 0.15) is 49.9 Å². The molecular weight excluding hydrogens is 685 g/mol. The molecule has 1 aromatic heterocycles. The fraction of sp³-hybridized carbons (Fsp3) is 0.243. The molecule has 4 aromatic carbocycles. The third kappa shape index (κ3) is 4.23. The maximum atomic E-state index is 6.49. The molecule has 0 spiro atoms. The van der Waals surface area contributed by atoms with Gasteiger partial charge in [-0.3, -0.25) is 0 Å². The van der Waals surface area contributed by atoms with Crippen LogP contribution in [0.4, 0.5) is 17.1 Å². The molecule has 0 saturated heterocycles. The number of benzene rings is 4. The van der Waals surface area contributed by atoms with E-state index in [1.54, 1.807) is 0 Å². The Kier molecular flexibility index (Phi) is 6.20. The molecule has 216 valence electrons. The molecule has 0 amide bonds. The zero-order chi connectivity index (χ0) is 29.8. The highest BCUT2D eigenvalue weighted by molar-refractivity contribution is 14.2. The van der Waals surface area contributed by atoms with Gasteiger partial charge in [0.1, 0.15) is 0 Å². The van der Waals surface area contributed by atoms with E-state index in [1.807, 2.05) is 17.4 Å². The van der Waals surface area contributed by atoms with Crippen LogP contribution < -0.4 is 4.90 Å². The standard InChI is InChI=1S/C37H37ClINS2/c1-36(2)30-21-23(38)13-19-28(30)34-32(36)33-35(41-34)29-20-16-26(22-31(29)37(33,3)4)40(24-11-9-8-10-12-24)25-14-17-27(18-15-25)42(5,6,7)39/h8-22,42H,1-7H3. The molecule has 0 N–H and O–H groups in total. The van der Waals surface area contributed by atoms with Crippen LogP contribution in [-0.4, -0.2) is 18.8 Å². The fourth-order valence-electron chi connectivity index (χ4n) is 7.02. The van der Waals surface area contributed by atoms with Gasteiger partial charge in [0.15, 0.2) is 0 Å². The first-order valence-corrected chi connectivity index (χ1v) is 22.0. The molecule has 42 heavy (non-hydrogen) atoms. The van der Waals surface area contributed by atoms with Crippen LogP contribution in [0.15, 0.2) is 95.9 Å². The number of halogens is 2. The normalized spacial score (nSPS) is 16.6. The Balaban J connectivity index is 1.37. The lowest BCUT2D eigenvalue weighted by Gasteiger charge is -2.45. The van der Waals surface area contributed by atoms with Gasteiger partial charge < -0.3 is 4.90 Å². The quantitative estimate of drug-likeness (QED) is 0.143. The lowest BCUT2D eigenvalue weighted by molar-refractivity contribution is 0.603. The van der Waals surface area contributed by atoms with Crippen molar-refractivity contribution in [3.63, 3.8) is 0 Å². The summed E-state index contributed by atoms with van der Waals surface area (Å²) in [7, 11) is 0. The minimum Gasteiger partial charge on any atom is -0.310 e. The Morgan fingerprint density at radius 2 is 1.14 bits per heavy atom. The Bertz CT molecular complexity index is 1880. The summed E-state index contributed by atoms with van der Waals surface area (Å²) in [4.78, 5) is 6.69. The number of nitrogens with zero attached hydrogens (tertiary/aromatic N) is 1. The van der Waals surface area contributed by atoms with E-state index in [-0.39, 0.29) is 10.8 Å². The summed E-state index contributed by atoms with van der Waals surface area (Å²) in [5, 5.41) is 0.813. The van der Waals surface area contributed by atoms with E-state index in [0.29, 0.717) is 0 Å². The first-order chi connectivity index (χ1) is 19.6. The molecule has 0 aliphatic heterocycles. The molecule has 5 aromatic rings. The summed E-state index contributed by atoms with van der Waals surface area (Å²) in [6.45, 7) is 9.56. The molecular formula is C37H37ClINS2. The van der Waals surface area contributed by atoms with Crippen LogP contribution in [0.5, 0.6) is 0 Å². The van der Waals surface area contributed by atoms with Crippen LogP contribution in [0.2, 0.25) is 5.02 Å². The van der Waals surface area contributed by atoms with Crippen LogP contribution in [-0.2, 0) is 10.8 Å². The topological polar surface area (TPSA) is 3.24 Å². The Labute approximate surface area is 271 Å². The Morgan fingerprint density at radius 1 is 0.643 bits per heavy atom. The first kappa shape index (κ1) is 28.5. The maximum Gasteiger partial charge on any atom is 0.0465 e. The smallest absolute Gasteiger partial charge is 0.0465 e. The van der Waals surface area contributed by atoms with E-state index in [0.717, 1.165) is 5.02 Å². The van der Waals surface area contributed by atoms with Crippen molar-refractivity contribution in [1.29, 1.82) is 0 Å². The molecule has 0 fully saturated rings. The third-order valence-corrected chi connectivity index (χ3v) is 14.4. The van der Waals surface area contributed by atoms with E-state index in [4.69, 9.17) is 11.6 Å². The minimum absolute atomic E-state index is 0.0915. The first-order valence-electron chi connectivity index (χ1n) is 14.5. The van der Waals surface area contributed by atoms with E-state index in [1.165, 1.54) is 65.1 Å². The SMILES string of the molecule is CC1(C)c2cc(Cl)ccc2-c2sc3c(c21)C(C)(C)c1cc(N(c2ccccc2)c2ccc([SH](C)(C)(C)I)cc2)ccc1-3. The second-order valence-corrected chi connectivity index (χ2v) is 31.3. The van der Waals surface area contributed by atoms with E-state index in [9.17, 15) is 0 Å². The maximum absolute atomic E-state index is 6.49. The van der Waals surface area contributed by atoms with Gasteiger partial charge in [0.05, 0.1) is 0 Å². The number of rotatable bonds is 4. The van der Waals surface area contributed by atoms with Gasteiger partial charge in [-0.2, -0.15) is 0 Å². The highest BCUT2D eigenvalue weighted by atomic mass is 127. The molecule has 0 unspecified atom stereocenters. The van der Waals surface area contributed by atoms with E-state index < -0.39 is 6.33 Å². The summed E-state index contributed by atoms with van der Waals surface area (Å²) in [6, 6.07) is 33.6. The van der Waals surface area contributed by atoms with E-state index in [2.05, 4.69) is 157 Å². The predicted octanol–water partition coefficient (Wildman–Crippen LogP) is 12.2. The second-order valence-electron chi connectivity index (χ2n) is 14.0. The average Bonchev–Trinajstić information content (AvgIpc) is 3.50. The molecule has 2 aliphatic rings. The lowest BCUT2D eigenvalue weighted by Crippen LogP contribution is -2.23. The van der Waals surface area contributed by atoms with Gasteiger partial charge in [-0.15, -0.1) is 11.3 Å². The predicted molar refractivity (Wildman–Crippen MR) is 198 cm³/mol. The summed E-state index contributed by atoms with van der Waals surface area (Å²) in [6.07, 6.45) is 5.33. The largest absolute Gasteiger partial charge is 0.310 e. The van der Waals surface area contributed by atoms with Crippen molar-refractivity contribution in [2.75, 3.05) is 23.7 Å². The van der Waals surface area contributed by atoms with E-state index >= 15 is 0 Å². The number of thiophene rings is 1. The molecule has 1 nitrogen and oxygen atoms in total. The van der Waals surface area contributed by atoms with Gasteiger partial charge in [-0.05, 0) is 139 Å². The lowest BCUT2D eigenvalue weighted by atomic mass is 9.74. The molecule has 5 heteroatoms. The monoisotopic (exact) mass is 721 g/mol. The molecule has 0 saturated carbocycles. The molecule has 0 radical (unpaired) electrons. The van der Waals surface area contributed by atoms with Crippen molar-refractivity contribution < 1.29 is 0 Å². The molecule has 0 bridgehead atoms. The Hall–Kier alpha value is -2.25. The average molecular weight is 722 g/mol. The van der Waals surface area contributed by atoms with Gasteiger partial charge in [0, 0.05) is 42.7 Å². The van der Waals surface area contributed by atoms with Crippen molar-refractivity contribution in [3.05, 3.63) is 118 Å². The van der Waals surface area contributed by atoms with Gasteiger partial charge in [-0.1, -0.05) is 69.6 Å². The summed E-state index contributed by atoms with van der Waals surface area (Å²) < 4.78 is 0. The molecule has 2 aliphatic carbocycles. The number of para-hydroxylation sites is 1. The van der Waals surface area contributed by atoms with Crippen molar-refractivity contribution in [2.24, 2.45) is 0 Å². The van der Waals surface area contributed by atoms with Gasteiger partial charge in [-0.25, -0.2) is 6.33 Å². The van der Waals surface area contributed by atoms with Crippen molar-refractivity contribution in [1.82, 2.24) is 0 Å². The summed E-state index contributed by atoms with van der Waals surface area (Å²) >= 11 is 11.1. The molecule has 0 atom stereocenters. The number of hydrogen-bond acceptors (Lipinski definition) is 2. The van der Waals surface area contributed by atoms with Crippen LogP contribution >= 0.6 is 50.5 Å². The number of hydrogen-bond donors (Lipinski definition) is 1. The minimum atomic E-state index is -1.89. The van der Waals surface area contributed by atoms with Crippen LogP contribution in [0.3, 0.4) is 0 Å². The number of thiol groups is 1. The highest BCUT2D eigenvalue weighted by Crippen LogP contribution is 2.74. The zero-order valence-electron chi connectivity index (χ0n) is 25.2. The van der Waals surface area contributed by atoms with Gasteiger partial charge in [0.25, 0.3) is 0 Å². The van der Waals surface area contributed by atoms with Crippen LogP contribution in [0.25, 0.3) is 20.9 Å². The number of fused-ring (bicyclic) bond motifs is 7. The van der Waals surface area contributed by atoms with Crippen molar-refractivity contribution >= 4 is 67.5 Å². The third-order valence-electron chi connectivity index (χ3n) is 9.23. The Morgan fingerprint density at radius 3 is 1.71 bits per heavy atom. The highest BCUT2D eigenvalue weighted by Gasteiger charge is 2.48. The summed E-state index contributed by atoms with van der Waals surface area (Å²) in [5.74, 6) is 0.